The number of hydrogen-bond acceptors (Lipinski definition) is 2. The first-order valence-corrected chi connectivity index (χ1v) is 6.06. The van der Waals surface area contributed by atoms with Gasteiger partial charge >= 0.3 is 0 Å². The number of nitrogens with one attached hydrogen (secondary N) is 1. The van der Waals surface area contributed by atoms with Gasteiger partial charge in [-0.25, -0.2) is 0 Å². The largest absolute Gasteiger partial charge is 0.497 e. The Kier molecular flexibility index (Phi) is 3.49. The van der Waals surface area contributed by atoms with Crippen LogP contribution in [0.25, 0.3) is 0 Å². The van der Waals surface area contributed by atoms with Gasteiger partial charge in [0.05, 0.1) is 7.11 Å². The van der Waals surface area contributed by atoms with Crippen LogP contribution in [0.15, 0.2) is 24.3 Å². The molecule has 0 heterocycles. The van der Waals surface area contributed by atoms with Gasteiger partial charge in [-0.2, -0.15) is 0 Å². The summed E-state index contributed by atoms with van der Waals surface area (Å²) in [6, 6.07) is 8.27. The molecule has 0 unspecified atom stereocenters. The summed E-state index contributed by atoms with van der Waals surface area (Å²) < 4.78 is 5.13. The molecule has 88 valence electrons. The number of methoxy groups -OCH3 is 1. The van der Waals surface area contributed by atoms with Crippen LogP contribution in [0.2, 0.25) is 0 Å². The molecule has 1 aromatic rings. The summed E-state index contributed by atoms with van der Waals surface area (Å²) in [5, 5.41) is 3.54. The zero-order chi connectivity index (χ0) is 11.4. The van der Waals surface area contributed by atoms with E-state index in [1.54, 1.807) is 7.11 Å². The zero-order valence-electron chi connectivity index (χ0n) is 10.3. The summed E-state index contributed by atoms with van der Waals surface area (Å²) in [5.74, 6) is 0.926. The minimum Gasteiger partial charge on any atom is -0.497 e. The van der Waals surface area contributed by atoms with Crippen LogP contribution in [0, 0.1) is 5.41 Å². The molecule has 1 saturated carbocycles. The molecule has 0 aliphatic heterocycles. The van der Waals surface area contributed by atoms with E-state index in [1.165, 1.54) is 24.8 Å². The molecule has 1 aliphatic rings. The van der Waals surface area contributed by atoms with Crippen LogP contribution in [-0.4, -0.2) is 13.7 Å². The molecule has 2 rings (SSSR count). The Morgan fingerprint density at radius 1 is 1.25 bits per heavy atom. The molecular weight excluding hydrogens is 198 g/mol. The summed E-state index contributed by atoms with van der Waals surface area (Å²) in [4.78, 5) is 0. The maximum absolute atomic E-state index is 5.13. The lowest BCUT2D eigenvalue weighted by Gasteiger charge is -2.38. The third-order valence-corrected chi connectivity index (χ3v) is 3.60. The van der Waals surface area contributed by atoms with Gasteiger partial charge in [-0.3, -0.25) is 0 Å². The summed E-state index contributed by atoms with van der Waals surface area (Å²) in [5.41, 5.74) is 1.88. The van der Waals surface area contributed by atoms with E-state index in [2.05, 4.69) is 24.4 Å². The number of hydrogen-bond donors (Lipinski definition) is 1. The van der Waals surface area contributed by atoms with Crippen molar-refractivity contribution >= 4 is 0 Å². The van der Waals surface area contributed by atoms with Crippen LogP contribution in [0.3, 0.4) is 0 Å². The molecule has 1 aromatic carbocycles. The molecule has 0 spiro atoms. The summed E-state index contributed by atoms with van der Waals surface area (Å²) in [6.07, 6.45) is 4.16. The lowest BCUT2D eigenvalue weighted by atomic mass is 9.70. The van der Waals surface area contributed by atoms with E-state index < -0.39 is 0 Å². The predicted octanol–water partition coefficient (Wildman–Crippen LogP) is 2.98. The van der Waals surface area contributed by atoms with E-state index >= 15 is 0 Å². The van der Waals surface area contributed by atoms with Gasteiger partial charge in [0.15, 0.2) is 0 Å². The van der Waals surface area contributed by atoms with Gasteiger partial charge in [0, 0.05) is 13.1 Å². The molecule has 1 N–H and O–H groups in total. The number of benzene rings is 1. The number of rotatable bonds is 5. The number of ether oxygens (including phenoxy) is 1. The molecule has 0 radical (unpaired) electrons. The van der Waals surface area contributed by atoms with Crippen molar-refractivity contribution in [3.8, 4) is 5.75 Å². The van der Waals surface area contributed by atoms with E-state index in [0.29, 0.717) is 5.41 Å². The first kappa shape index (κ1) is 11.5. The second-order valence-electron chi connectivity index (χ2n) is 5.12. The quantitative estimate of drug-likeness (QED) is 0.822. The van der Waals surface area contributed by atoms with Crippen molar-refractivity contribution in [3.63, 3.8) is 0 Å². The average Bonchev–Trinajstić information content (AvgIpc) is 2.28. The van der Waals surface area contributed by atoms with Crippen LogP contribution in [-0.2, 0) is 6.54 Å². The Hall–Kier alpha value is -1.02. The summed E-state index contributed by atoms with van der Waals surface area (Å²) in [6.45, 7) is 4.47. The lowest BCUT2D eigenvalue weighted by Crippen LogP contribution is -2.36. The fourth-order valence-electron chi connectivity index (χ4n) is 2.21. The minimum absolute atomic E-state index is 0.562. The highest BCUT2D eigenvalue weighted by Gasteiger charge is 2.30. The fourth-order valence-corrected chi connectivity index (χ4v) is 2.21. The molecule has 2 nitrogen and oxygen atoms in total. The van der Waals surface area contributed by atoms with Crippen LogP contribution in [0.5, 0.6) is 5.75 Å². The third-order valence-electron chi connectivity index (χ3n) is 3.60. The van der Waals surface area contributed by atoms with E-state index in [-0.39, 0.29) is 0 Å². The van der Waals surface area contributed by atoms with E-state index in [1.807, 2.05) is 12.1 Å². The molecule has 0 saturated heterocycles. The lowest BCUT2D eigenvalue weighted by molar-refractivity contribution is 0.156. The molecule has 2 heteroatoms. The van der Waals surface area contributed by atoms with Crippen molar-refractivity contribution in [2.75, 3.05) is 13.7 Å². The highest BCUT2D eigenvalue weighted by atomic mass is 16.5. The summed E-state index contributed by atoms with van der Waals surface area (Å²) in [7, 11) is 1.70. The van der Waals surface area contributed by atoms with Crippen molar-refractivity contribution in [1.82, 2.24) is 5.32 Å². The second kappa shape index (κ2) is 4.88. The average molecular weight is 219 g/mol. The molecule has 1 fully saturated rings. The van der Waals surface area contributed by atoms with Gasteiger partial charge in [-0.1, -0.05) is 25.5 Å². The van der Waals surface area contributed by atoms with Crippen LogP contribution in [0.4, 0.5) is 0 Å². The first-order valence-electron chi connectivity index (χ1n) is 6.06. The van der Waals surface area contributed by atoms with Crippen LogP contribution >= 0.6 is 0 Å². The smallest absolute Gasteiger partial charge is 0.118 e. The Balaban J connectivity index is 1.76. The van der Waals surface area contributed by atoms with Crippen molar-refractivity contribution in [2.45, 2.75) is 32.7 Å². The van der Waals surface area contributed by atoms with E-state index in [4.69, 9.17) is 4.74 Å². The first-order chi connectivity index (χ1) is 7.72. The fraction of sp³-hybridized carbons (Fsp3) is 0.571. The zero-order valence-corrected chi connectivity index (χ0v) is 10.3. The minimum atomic E-state index is 0.562. The highest BCUT2D eigenvalue weighted by Crippen LogP contribution is 2.39. The van der Waals surface area contributed by atoms with Crippen molar-refractivity contribution in [2.24, 2.45) is 5.41 Å². The monoisotopic (exact) mass is 219 g/mol. The standard InChI is InChI=1S/C14H21NO/c1-14(8-3-9-14)11-15-10-12-4-6-13(16-2)7-5-12/h4-7,15H,3,8-11H2,1-2H3. The molecular formula is C14H21NO. The Bertz CT molecular complexity index is 327. The maximum Gasteiger partial charge on any atom is 0.118 e. The van der Waals surface area contributed by atoms with Gasteiger partial charge in [0.2, 0.25) is 0 Å². The van der Waals surface area contributed by atoms with Gasteiger partial charge in [-0.15, -0.1) is 0 Å². The second-order valence-corrected chi connectivity index (χ2v) is 5.12. The van der Waals surface area contributed by atoms with Crippen LogP contribution in [0.1, 0.15) is 31.7 Å². The Morgan fingerprint density at radius 3 is 2.44 bits per heavy atom. The van der Waals surface area contributed by atoms with Crippen molar-refractivity contribution in [1.29, 1.82) is 0 Å². The van der Waals surface area contributed by atoms with E-state index in [0.717, 1.165) is 18.8 Å². The van der Waals surface area contributed by atoms with Gasteiger partial charge < -0.3 is 10.1 Å². The molecule has 16 heavy (non-hydrogen) atoms. The Morgan fingerprint density at radius 2 is 1.94 bits per heavy atom. The SMILES string of the molecule is COc1ccc(CNCC2(C)CCC2)cc1. The highest BCUT2D eigenvalue weighted by molar-refractivity contribution is 5.26. The molecule has 0 amide bonds. The van der Waals surface area contributed by atoms with Gasteiger partial charge in [0.1, 0.15) is 5.75 Å². The normalized spacial score (nSPS) is 17.9. The molecule has 0 atom stereocenters. The summed E-state index contributed by atoms with van der Waals surface area (Å²) >= 11 is 0. The van der Waals surface area contributed by atoms with Crippen LogP contribution < -0.4 is 10.1 Å². The van der Waals surface area contributed by atoms with Gasteiger partial charge in [0.25, 0.3) is 0 Å². The molecule has 0 aromatic heterocycles. The molecule has 1 aliphatic carbocycles. The van der Waals surface area contributed by atoms with Crippen molar-refractivity contribution < 1.29 is 4.74 Å². The van der Waals surface area contributed by atoms with Gasteiger partial charge in [-0.05, 0) is 36.0 Å². The topological polar surface area (TPSA) is 21.3 Å². The Labute approximate surface area is 98.0 Å². The van der Waals surface area contributed by atoms with Crippen molar-refractivity contribution in [3.05, 3.63) is 29.8 Å². The maximum atomic E-state index is 5.13. The third kappa shape index (κ3) is 2.76. The van der Waals surface area contributed by atoms with E-state index in [9.17, 15) is 0 Å². The predicted molar refractivity (Wildman–Crippen MR) is 66.7 cm³/mol. The molecule has 0 bridgehead atoms.